The second-order valence-electron chi connectivity index (χ2n) is 11.7. The maximum absolute atomic E-state index is 13.2. The van der Waals surface area contributed by atoms with Crippen molar-refractivity contribution < 1.29 is 43.4 Å². The van der Waals surface area contributed by atoms with Gasteiger partial charge in [-0.25, -0.2) is 4.79 Å². The van der Waals surface area contributed by atoms with Gasteiger partial charge in [-0.15, -0.1) is 0 Å². The van der Waals surface area contributed by atoms with Crippen molar-refractivity contribution in [1.82, 2.24) is 21.3 Å². The van der Waals surface area contributed by atoms with Gasteiger partial charge in [-0.3, -0.25) is 28.8 Å². The summed E-state index contributed by atoms with van der Waals surface area (Å²) < 4.78 is 5.18. The van der Waals surface area contributed by atoms with E-state index in [-0.39, 0.29) is 23.4 Å². The van der Waals surface area contributed by atoms with Gasteiger partial charge in [0, 0.05) is 36.6 Å². The first-order valence-corrected chi connectivity index (χ1v) is 15.1. The predicted molar refractivity (Wildman–Crippen MR) is 174 cm³/mol. The van der Waals surface area contributed by atoms with Gasteiger partial charge in [-0.05, 0) is 55.2 Å². The van der Waals surface area contributed by atoms with Crippen LogP contribution in [0.5, 0.6) is 5.75 Å². The minimum absolute atomic E-state index is 0.0278. The molecule has 0 bridgehead atoms. The Morgan fingerprint density at radius 3 is 2.06 bits per heavy atom. The third-order valence-corrected chi connectivity index (χ3v) is 7.30. The van der Waals surface area contributed by atoms with Crippen LogP contribution < -0.4 is 32.2 Å². The Morgan fingerprint density at radius 2 is 1.46 bits per heavy atom. The number of rotatable bonds is 14. The van der Waals surface area contributed by atoms with E-state index in [9.17, 15) is 43.8 Å². The Hall–Kier alpha value is -5.73. The van der Waals surface area contributed by atoms with Gasteiger partial charge in [-0.1, -0.05) is 26.0 Å². The van der Waals surface area contributed by atoms with Crippen LogP contribution in [0, 0.1) is 12.8 Å². The van der Waals surface area contributed by atoms with E-state index in [2.05, 4.69) is 26.6 Å². The van der Waals surface area contributed by atoms with Crippen LogP contribution in [-0.2, 0) is 35.2 Å². The summed E-state index contributed by atoms with van der Waals surface area (Å²) in [7, 11) is 0. The van der Waals surface area contributed by atoms with Crippen LogP contribution >= 0.6 is 0 Å². The molecule has 0 saturated heterocycles. The van der Waals surface area contributed by atoms with Gasteiger partial charge in [0.2, 0.25) is 29.5 Å². The molecule has 0 aliphatic heterocycles. The number of carbonyl (C=O) groups excluding carboxylic acids is 5. The maximum Gasteiger partial charge on any atom is 0.336 e. The lowest BCUT2D eigenvalue weighted by atomic mass is 10.0. The molecule has 2 aromatic carbocycles. The molecular formula is C33H39N5O10. The molecule has 1 aromatic heterocycles. The van der Waals surface area contributed by atoms with Crippen molar-refractivity contribution in [2.45, 2.75) is 71.6 Å². The fourth-order valence-electron chi connectivity index (χ4n) is 4.79. The molecule has 48 heavy (non-hydrogen) atoms. The average Bonchev–Trinajstić information content (AvgIpc) is 2.99. The average molecular weight is 666 g/mol. The number of phenols is 1. The van der Waals surface area contributed by atoms with Gasteiger partial charge in [0.25, 0.3) is 0 Å². The van der Waals surface area contributed by atoms with Crippen LogP contribution in [0.4, 0.5) is 5.69 Å². The zero-order chi connectivity index (χ0) is 35.7. The number of fused-ring (bicyclic) bond motifs is 1. The standard InChI is InChI=1S/C33H39N5O10/c1-16(2)29(38-32(46)24(35-19(5)39)13-20-6-9-22(40)10-7-20)33(47)34-18(4)30(44)37-25(15-27(41)42)31(45)36-21-8-11-23-17(3)12-28(43)48-26(23)14-21/h6-12,14,16,18,24-25,29,40H,13,15H2,1-5H3,(H,34,47)(H,35,39)(H,36,45)(H,37,44)(H,38,46)(H,41,42)/t18-,24-,25-,29+/m1/s1. The molecule has 3 rings (SSSR count). The van der Waals surface area contributed by atoms with E-state index in [0.29, 0.717) is 16.5 Å². The van der Waals surface area contributed by atoms with Crippen molar-refractivity contribution in [3.63, 3.8) is 0 Å². The smallest absolute Gasteiger partial charge is 0.336 e. The van der Waals surface area contributed by atoms with Crippen molar-refractivity contribution in [2.24, 2.45) is 5.92 Å². The summed E-state index contributed by atoms with van der Waals surface area (Å²) >= 11 is 0. The number of aliphatic carboxylic acids is 1. The van der Waals surface area contributed by atoms with E-state index in [1.807, 2.05) is 0 Å². The first-order valence-electron chi connectivity index (χ1n) is 15.1. The summed E-state index contributed by atoms with van der Waals surface area (Å²) in [5, 5.41) is 32.0. The number of hydrogen-bond donors (Lipinski definition) is 7. The number of aryl methyl sites for hydroxylation is 1. The number of benzene rings is 2. The fourth-order valence-corrected chi connectivity index (χ4v) is 4.79. The van der Waals surface area contributed by atoms with Crippen molar-refractivity contribution in [3.05, 3.63) is 70.1 Å². The normalized spacial score (nSPS) is 13.5. The summed E-state index contributed by atoms with van der Waals surface area (Å²) in [5.74, 6) is -5.43. The lowest BCUT2D eigenvalue weighted by Crippen LogP contribution is -2.58. The molecule has 15 nitrogen and oxygen atoms in total. The maximum atomic E-state index is 13.2. The van der Waals surface area contributed by atoms with E-state index in [1.54, 1.807) is 39.0 Å². The SMILES string of the molecule is CC(=O)N[C@H](Cc1ccc(O)cc1)C(=O)N[C@H](C(=O)N[C@H](C)C(=O)N[C@H](CC(=O)O)C(=O)Nc1ccc2c(C)cc(=O)oc2c1)C(C)C. The minimum atomic E-state index is -1.55. The van der Waals surface area contributed by atoms with E-state index in [1.165, 1.54) is 44.2 Å². The summed E-state index contributed by atoms with van der Waals surface area (Å²) in [6, 6.07) is 6.89. The molecule has 5 amide bonds. The van der Waals surface area contributed by atoms with Gasteiger partial charge in [-0.2, -0.15) is 0 Å². The molecule has 0 unspecified atom stereocenters. The molecule has 0 aliphatic rings. The summed E-state index contributed by atoms with van der Waals surface area (Å²) in [6.07, 6.45) is -0.715. The number of hydrogen-bond acceptors (Lipinski definition) is 9. The number of amides is 5. The quantitative estimate of drug-likeness (QED) is 0.121. The van der Waals surface area contributed by atoms with E-state index < -0.39 is 77.6 Å². The molecule has 256 valence electrons. The van der Waals surface area contributed by atoms with E-state index >= 15 is 0 Å². The zero-order valence-corrected chi connectivity index (χ0v) is 27.1. The molecule has 0 fully saturated rings. The summed E-state index contributed by atoms with van der Waals surface area (Å²) in [6.45, 7) is 7.60. The largest absolute Gasteiger partial charge is 0.508 e. The third kappa shape index (κ3) is 10.4. The van der Waals surface area contributed by atoms with Crippen LogP contribution in [-0.4, -0.2) is 69.9 Å². The summed E-state index contributed by atoms with van der Waals surface area (Å²) in [5.41, 5.74) is 1.09. The first kappa shape index (κ1) is 36.7. The van der Waals surface area contributed by atoms with Crippen molar-refractivity contribution >= 4 is 52.2 Å². The van der Waals surface area contributed by atoms with Crippen molar-refractivity contribution in [1.29, 1.82) is 0 Å². The van der Waals surface area contributed by atoms with Gasteiger partial charge in [0.15, 0.2) is 0 Å². The Kier molecular flexibility index (Phi) is 12.4. The molecule has 0 radical (unpaired) electrons. The second kappa shape index (κ2) is 16.2. The number of carboxylic acids is 1. The Bertz CT molecular complexity index is 1750. The lowest BCUT2D eigenvalue weighted by molar-refractivity contribution is -0.140. The molecule has 7 N–H and O–H groups in total. The van der Waals surface area contributed by atoms with Crippen LogP contribution in [0.1, 0.15) is 45.2 Å². The number of nitrogens with one attached hydrogen (secondary N) is 5. The molecular weight excluding hydrogens is 626 g/mol. The van der Waals surface area contributed by atoms with Gasteiger partial charge >= 0.3 is 11.6 Å². The van der Waals surface area contributed by atoms with Crippen molar-refractivity contribution in [3.8, 4) is 5.75 Å². The highest BCUT2D eigenvalue weighted by Crippen LogP contribution is 2.21. The van der Waals surface area contributed by atoms with Crippen LogP contribution in [0.15, 0.2) is 57.7 Å². The van der Waals surface area contributed by atoms with Crippen LogP contribution in [0.2, 0.25) is 0 Å². The number of phenolic OH excluding ortho intramolecular Hbond substituents is 1. The molecule has 15 heteroatoms. The number of carbonyl (C=O) groups is 6. The zero-order valence-electron chi connectivity index (χ0n) is 27.1. The lowest BCUT2D eigenvalue weighted by Gasteiger charge is -2.27. The highest BCUT2D eigenvalue weighted by Gasteiger charge is 2.32. The molecule has 0 aliphatic carbocycles. The van der Waals surface area contributed by atoms with Crippen LogP contribution in [0.3, 0.4) is 0 Å². The van der Waals surface area contributed by atoms with Crippen molar-refractivity contribution in [2.75, 3.05) is 5.32 Å². The molecule has 0 spiro atoms. The Labute approximate surface area is 275 Å². The number of aromatic hydroxyl groups is 1. The molecule has 3 aromatic rings. The predicted octanol–water partition coefficient (Wildman–Crippen LogP) is 1.10. The number of anilines is 1. The highest BCUT2D eigenvalue weighted by atomic mass is 16.4. The molecule has 4 atom stereocenters. The fraction of sp³-hybridized carbons (Fsp3) is 0.364. The van der Waals surface area contributed by atoms with Gasteiger partial charge < -0.3 is 41.2 Å². The van der Waals surface area contributed by atoms with E-state index in [4.69, 9.17) is 4.42 Å². The number of carboxylic acid groups (broad SMARTS) is 1. The topological polar surface area (TPSA) is 233 Å². The molecule has 1 heterocycles. The monoisotopic (exact) mass is 665 g/mol. The molecule has 0 saturated carbocycles. The van der Waals surface area contributed by atoms with Gasteiger partial charge in [0.05, 0.1) is 6.42 Å². The second-order valence-corrected chi connectivity index (χ2v) is 11.7. The first-order chi connectivity index (χ1) is 22.5. The van der Waals surface area contributed by atoms with E-state index in [0.717, 1.165) is 0 Å². The third-order valence-electron chi connectivity index (χ3n) is 7.30. The van der Waals surface area contributed by atoms with Gasteiger partial charge in [0.1, 0.15) is 35.5 Å². The minimum Gasteiger partial charge on any atom is -0.508 e. The highest BCUT2D eigenvalue weighted by molar-refractivity contribution is 6.01. The Morgan fingerprint density at radius 1 is 0.792 bits per heavy atom. The summed E-state index contributed by atoms with van der Waals surface area (Å²) in [4.78, 5) is 87.7. The van der Waals surface area contributed by atoms with Crippen LogP contribution in [0.25, 0.3) is 11.0 Å². The Balaban J connectivity index is 1.68.